The molecule has 0 aliphatic carbocycles. The molecular formula is C14H23NO. The fourth-order valence-corrected chi connectivity index (χ4v) is 1.98. The summed E-state index contributed by atoms with van der Waals surface area (Å²) in [6.45, 7) is 5.98. The van der Waals surface area contributed by atoms with E-state index in [9.17, 15) is 0 Å². The predicted octanol–water partition coefficient (Wildman–Crippen LogP) is 3.11. The van der Waals surface area contributed by atoms with Gasteiger partial charge in [-0.25, -0.2) is 0 Å². The number of ether oxygens (including phenoxy) is 1. The van der Waals surface area contributed by atoms with Crippen molar-refractivity contribution in [1.82, 2.24) is 0 Å². The lowest BCUT2D eigenvalue weighted by atomic mass is 10.1. The Labute approximate surface area is 99.2 Å². The Balaban J connectivity index is 0.00000128. The molecule has 16 heavy (non-hydrogen) atoms. The summed E-state index contributed by atoms with van der Waals surface area (Å²) in [6, 6.07) is 8.95. The monoisotopic (exact) mass is 221 g/mol. The maximum atomic E-state index is 5.34. The molecule has 1 aromatic rings. The van der Waals surface area contributed by atoms with Crippen molar-refractivity contribution in [3.63, 3.8) is 0 Å². The second-order valence-corrected chi connectivity index (χ2v) is 4.02. The molecule has 0 radical (unpaired) electrons. The molecule has 1 aliphatic heterocycles. The van der Waals surface area contributed by atoms with Gasteiger partial charge in [0.15, 0.2) is 0 Å². The standard InChI is InChI=1S/C13H19NO.CH4/c1-2-3-12-4-6-13(7-5-12)14-8-10-15-11-9-14;/h4-7H,2-3,8-11H2,1H3;1H4. The zero-order chi connectivity index (χ0) is 10.5. The van der Waals surface area contributed by atoms with E-state index in [-0.39, 0.29) is 7.43 Å². The maximum Gasteiger partial charge on any atom is 0.0642 e. The third-order valence-electron chi connectivity index (χ3n) is 2.85. The Hall–Kier alpha value is -1.02. The average Bonchev–Trinajstić information content (AvgIpc) is 2.32. The minimum absolute atomic E-state index is 0. The second-order valence-electron chi connectivity index (χ2n) is 4.02. The van der Waals surface area contributed by atoms with Gasteiger partial charge in [0.05, 0.1) is 13.2 Å². The first-order valence-electron chi connectivity index (χ1n) is 5.82. The topological polar surface area (TPSA) is 12.5 Å². The van der Waals surface area contributed by atoms with E-state index in [0.29, 0.717) is 0 Å². The molecule has 1 heterocycles. The number of rotatable bonds is 3. The van der Waals surface area contributed by atoms with Gasteiger partial charge in [-0.05, 0) is 24.1 Å². The lowest BCUT2D eigenvalue weighted by molar-refractivity contribution is 0.122. The molecular weight excluding hydrogens is 198 g/mol. The number of hydrogen-bond acceptors (Lipinski definition) is 2. The van der Waals surface area contributed by atoms with Gasteiger partial charge in [-0.1, -0.05) is 32.9 Å². The van der Waals surface area contributed by atoms with Gasteiger partial charge in [-0.15, -0.1) is 0 Å². The summed E-state index contributed by atoms with van der Waals surface area (Å²) in [5.41, 5.74) is 2.77. The molecule has 0 spiro atoms. The van der Waals surface area contributed by atoms with Gasteiger partial charge < -0.3 is 9.64 Å². The summed E-state index contributed by atoms with van der Waals surface area (Å²) in [6.07, 6.45) is 2.40. The van der Waals surface area contributed by atoms with Crippen LogP contribution in [0.15, 0.2) is 24.3 Å². The minimum Gasteiger partial charge on any atom is -0.378 e. The molecule has 0 unspecified atom stereocenters. The number of aryl methyl sites for hydroxylation is 1. The lowest BCUT2D eigenvalue weighted by Gasteiger charge is -2.28. The van der Waals surface area contributed by atoms with Crippen molar-refractivity contribution in [2.24, 2.45) is 0 Å². The molecule has 2 nitrogen and oxygen atoms in total. The van der Waals surface area contributed by atoms with Crippen molar-refractivity contribution >= 4 is 5.69 Å². The Morgan fingerprint density at radius 1 is 1.12 bits per heavy atom. The quantitative estimate of drug-likeness (QED) is 0.777. The number of morpholine rings is 1. The van der Waals surface area contributed by atoms with E-state index in [1.165, 1.54) is 24.1 Å². The van der Waals surface area contributed by atoms with Gasteiger partial charge in [0.1, 0.15) is 0 Å². The van der Waals surface area contributed by atoms with Crippen LogP contribution in [-0.4, -0.2) is 26.3 Å². The van der Waals surface area contributed by atoms with Crippen molar-refractivity contribution in [3.05, 3.63) is 29.8 Å². The SMILES string of the molecule is C.CCCc1ccc(N2CCOCC2)cc1. The highest BCUT2D eigenvalue weighted by Crippen LogP contribution is 2.17. The van der Waals surface area contributed by atoms with Gasteiger partial charge >= 0.3 is 0 Å². The molecule has 0 N–H and O–H groups in total. The Morgan fingerprint density at radius 2 is 1.75 bits per heavy atom. The molecule has 1 saturated heterocycles. The normalized spacial score (nSPS) is 15.7. The first kappa shape index (κ1) is 13.0. The summed E-state index contributed by atoms with van der Waals surface area (Å²) in [5.74, 6) is 0. The zero-order valence-corrected chi connectivity index (χ0v) is 9.41. The molecule has 0 atom stereocenters. The van der Waals surface area contributed by atoms with Crippen LogP contribution in [-0.2, 0) is 11.2 Å². The third kappa shape index (κ3) is 3.24. The highest BCUT2D eigenvalue weighted by molar-refractivity contribution is 5.47. The van der Waals surface area contributed by atoms with E-state index in [1.807, 2.05) is 0 Å². The van der Waals surface area contributed by atoms with E-state index in [4.69, 9.17) is 4.74 Å². The van der Waals surface area contributed by atoms with Crippen LogP contribution in [0.25, 0.3) is 0 Å². The number of hydrogen-bond donors (Lipinski definition) is 0. The molecule has 0 saturated carbocycles. The maximum absolute atomic E-state index is 5.34. The van der Waals surface area contributed by atoms with Crippen molar-refractivity contribution in [2.75, 3.05) is 31.2 Å². The van der Waals surface area contributed by atoms with Gasteiger partial charge in [0.2, 0.25) is 0 Å². The van der Waals surface area contributed by atoms with Crippen LogP contribution in [0.1, 0.15) is 26.3 Å². The highest BCUT2D eigenvalue weighted by atomic mass is 16.5. The fourth-order valence-electron chi connectivity index (χ4n) is 1.98. The number of anilines is 1. The Bertz CT molecular complexity index is 288. The number of benzene rings is 1. The van der Waals surface area contributed by atoms with Crippen LogP contribution in [0.2, 0.25) is 0 Å². The van der Waals surface area contributed by atoms with E-state index in [2.05, 4.69) is 36.1 Å². The first-order valence-corrected chi connectivity index (χ1v) is 5.82. The minimum atomic E-state index is 0. The smallest absolute Gasteiger partial charge is 0.0642 e. The third-order valence-corrected chi connectivity index (χ3v) is 2.85. The number of nitrogens with zero attached hydrogens (tertiary/aromatic N) is 1. The van der Waals surface area contributed by atoms with Gasteiger partial charge in [0.25, 0.3) is 0 Å². The molecule has 2 rings (SSSR count). The molecule has 1 aromatic carbocycles. The van der Waals surface area contributed by atoms with Gasteiger partial charge in [0, 0.05) is 18.8 Å². The zero-order valence-electron chi connectivity index (χ0n) is 9.41. The molecule has 90 valence electrons. The summed E-state index contributed by atoms with van der Waals surface area (Å²) in [7, 11) is 0. The molecule has 2 heteroatoms. The summed E-state index contributed by atoms with van der Waals surface area (Å²) in [4.78, 5) is 2.39. The van der Waals surface area contributed by atoms with Crippen molar-refractivity contribution in [3.8, 4) is 0 Å². The first-order chi connectivity index (χ1) is 7.40. The van der Waals surface area contributed by atoms with Crippen LogP contribution < -0.4 is 4.90 Å². The van der Waals surface area contributed by atoms with Crippen LogP contribution in [0.5, 0.6) is 0 Å². The van der Waals surface area contributed by atoms with Gasteiger partial charge in [-0.2, -0.15) is 0 Å². The molecule has 1 fully saturated rings. The second kappa shape index (κ2) is 6.54. The van der Waals surface area contributed by atoms with Crippen molar-refractivity contribution in [1.29, 1.82) is 0 Å². The van der Waals surface area contributed by atoms with Gasteiger partial charge in [-0.3, -0.25) is 0 Å². The molecule has 0 amide bonds. The largest absolute Gasteiger partial charge is 0.378 e. The van der Waals surface area contributed by atoms with E-state index in [1.54, 1.807) is 0 Å². The summed E-state index contributed by atoms with van der Waals surface area (Å²) in [5, 5.41) is 0. The van der Waals surface area contributed by atoms with Crippen LogP contribution >= 0.6 is 0 Å². The van der Waals surface area contributed by atoms with E-state index in [0.717, 1.165) is 26.3 Å². The average molecular weight is 221 g/mol. The lowest BCUT2D eigenvalue weighted by Crippen LogP contribution is -2.36. The van der Waals surface area contributed by atoms with Crippen molar-refractivity contribution < 1.29 is 4.74 Å². The molecule has 0 aromatic heterocycles. The fraction of sp³-hybridized carbons (Fsp3) is 0.571. The predicted molar refractivity (Wildman–Crippen MR) is 70.2 cm³/mol. The Kier molecular flexibility index (Phi) is 5.33. The van der Waals surface area contributed by atoms with Crippen LogP contribution in [0, 0.1) is 0 Å². The summed E-state index contributed by atoms with van der Waals surface area (Å²) < 4.78 is 5.34. The summed E-state index contributed by atoms with van der Waals surface area (Å²) >= 11 is 0. The highest BCUT2D eigenvalue weighted by Gasteiger charge is 2.10. The van der Waals surface area contributed by atoms with Crippen LogP contribution in [0.3, 0.4) is 0 Å². The molecule has 0 bridgehead atoms. The van der Waals surface area contributed by atoms with E-state index >= 15 is 0 Å². The van der Waals surface area contributed by atoms with Crippen molar-refractivity contribution in [2.45, 2.75) is 27.2 Å². The Morgan fingerprint density at radius 3 is 2.31 bits per heavy atom. The van der Waals surface area contributed by atoms with Crippen LogP contribution in [0.4, 0.5) is 5.69 Å². The van der Waals surface area contributed by atoms with E-state index < -0.39 is 0 Å². The molecule has 1 aliphatic rings.